The molecule has 0 saturated carbocycles. The first kappa shape index (κ1) is 44.9. The highest BCUT2D eigenvalue weighted by Gasteiger charge is 2.19. The Bertz CT molecular complexity index is 797. The van der Waals surface area contributed by atoms with Crippen molar-refractivity contribution in [2.24, 2.45) is 5.73 Å². The van der Waals surface area contributed by atoms with Crippen molar-refractivity contribution in [2.45, 2.75) is 206 Å². The van der Waals surface area contributed by atoms with Crippen LogP contribution in [0.3, 0.4) is 0 Å². The van der Waals surface area contributed by atoms with Crippen LogP contribution in [-0.2, 0) is 19.1 Å². The van der Waals surface area contributed by atoms with Crippen molar-refractivity contribution < 1.29 is 24.2 Å². The monoisotopic (exact) mass is 663 g/mol. The number of carbonyl (C=O) groups is 3. The quantitative estimate of drug-likeness (QED) is 0.0353. The molecule has 0 bridgehead atoms. The summed E-state index contributed by atoms with van der Waals surface area (Å²) in [6.07, 6.45) is 37.9. The molecule has 0 aromatic carbocycles. The van der Waals surface area contributed by atoms with Gasteiger partial charge < -0.3 is 20.9 Å². The van der Waals surface area contributed by atoms with Crippen molar-refractivity contribution >= 4 is 17.8 Å². The molecule has 0 spiro atoms. The van der Waals surface area contributed by atoms with E-state index in [0.717, 1.165) is 77.0 Å². The molecule has 1 amide bonds. The van der Waals surface area contributed by atoms with Crippen LogP contribution in [-0.4, -0.2) is 41.6 Å². The van der Waals surface area contributed by atoms with Crippen LogP contribution in [0.1, 0.15) is 194 Å². The number of aliphatic carboxylic acids is 1. The SMILES string of the molecule is CCCCCCC/C=C\C/C=C\CCCC(CCCCCCCC(=O)NC(CCCN)C(=O)O)OC(=O)CCCCCCCCCC. The third-order valence-corrected chi connectivity index (χ3v) is 8.77. The zero-order chi connectivity index (χ0) is 34.6. The number of carbonyl (C=O) groups excluding carboxylic acids is 2. The van der Waals surface area contributed by atoms with Gasteiger partial charge in [-0.25, -0.2) is 4.79 Å². The lowest BCUT2D eigenvalue weighted by Crippen LogP contribution is -2.40. The molecule has 0 aliphatic rings. The van der Waals surface area contributed by atoms with E-state index in [9.17, 15) is 19.5 Å². The molecule has 0 fully saturated rings. The summed E-state index contributed by atoms with van der Waals surface area (Å²) in [5.74, 6) is -1.26. The van der Waals surface area contributed by atoms with Gasteiger partial charge >= 0.3 is 11.9 Å². The van der Waals surface area contributed by atoms with Crippen LogP contribution in [0.15, 0.2) is 24.3 Å². The Morgan fingerprint density at radius 3 is 1.72 bits per heavy atom. The summed E-state index contributed by atoms with van der Waals surface area (Å²) >= 11 is 0. The summed E-state index contributed by atoms with van der Waals surface area (Å²) in [6.45, 7) is 4.90. The van der Waals surface area contributed by atoms with Gasteiger partial charge in [-0.15, -0.1) is 0 Å². The summed E-state index contributed by atoms with van der Waals surface area (Å²) in [7, 11) is 0. The summed E-state index contributed by atoms with van der Waals surface area (Å²) in [6, 6.07) is -0.858. The molecule has 0 saturated heterocycles. The first-order valence-electron chi connectivity index (χ1n) is 19.7. The van der Waals surface area contributed by atoms with E-state index < -0.39 is 12.0 Å². The second-order valence-electron chi connectivity index (χ2n) is 13.3. The Morgan fingerprint density at radius 1 is 0.617 bits per heavy atom. The molecule has 47 heavy (non-hydrogen) atoms. The predicted octanol–water partition coefficient (Wildman–Crippen LogP) is 10.5. The van der Waals surface area contributed by atoms with Gasteiger partial charge in [-0.1, -0.05) is 128 Å². The van der Waals surface area contributed by atoms with Crippen molar-refractivity contribution in [3.8, 4) is 0 Å². The van der Waals surface area contributed by atoms with Gasteiger partial charge in [0, 0.05) is 12.8 Å². The van der Waals surface area contributed by atoms with Gasteiger partial charge in [-0.05, 0) is 83.6 Å². The Kier molecular flexibility index (Phi) is 33.6. The molecule has 2 atom stereocenters. The second-order valence-corrected chi connectivity index (χ2v) is 13.3. The molecule has 7 heteroatoms. The molecule has 274 valence electrons. The van der Waals surface area contributed by atoms with Crippen molar-refractivity contribution in [1.82, 2.24) is 5.32 Å². The Morgan fingerprint density at radius 2 is 1.13 bits per heavy atom. The number of nitrogens with two attached hydrogens (primary N) is 1. The van der Waals surface area contributed by atoms with Gasteiger partial charge in [0.05, 0.1) is 0 Å². The number of rotatable bonds is 35. The van der Waals surface area contributed by atoms with E-state index in [1.54, 1.807) is 0 Å². The average molecular weight is 663 g/mol. The van der Waals surface area contributed by atoms with E-state index >= 15 is 0 Å². The molecule has 0 aliphatic carbocycles. The molecule has 2 unspecified atom stereocenters. The number of carboxylic acid groups (broad SMARTS) is 1. The minimum Gasteiger partial charge on any atom is -0.480 e. The molecule has 0 radical (unpaired) electrons. The summed E-state index contributed by atoms with van der Waals surface area (Å²) < 4.78 is 5.98. The lowest BCUT2D eigenvalue weighted by molar-refractivity contribution is -0.150. The molecule has 7 nitrogen and oxygen atoms in total. The lowest BCUT2D eigenvalue weighted by atomic mass is 10.0. The minimum absolute atomic E-state index is 0.0233. The number of hydrogen-bond donors (Lipinski definition) is 3. The number of ether oxygens (including phenoxy) is 1. The standard InChI is InChI=1S/C40H74N2O5/c1-3-5-7-9-11-13-14-15-16-17-18-21-25-30-36(47-39(44)34-28-24-19-12-10-8-6-4-2)31-26-22-20-23-27-33-38(43)42-37(40(45)46)32-29-35-41/h14-15,17-18,36-37H,3-13,16,19-35,41H2,1-2H3,(H,42,43)(H,45,46)/b15-14-,18-17-. The maximum absolute atomic E-state index is 12.7. The smallest absolute Gasteiger partial charge is 0.326 e. The van der Waals surface area contributed by atoms with Crippen LogP contribution in [0.25, 0.3) is 0 Å². The number of carboxylic acids is 1. The topological polar surface area (TPSA) is 119 Å². The van der Waals surface area contributed by atoms with Gasteiger partial charge in [0.15, 0.2) is 0 Å². The van der Waals surface area contributed by atoms with E-state index in [2.05, 4.69) is 43.5 Å². The fourth-order valence-electron chi connectivity index (χ4n) is 5.78. The van der Waals surface area contributed by atoms with Crippen LogP contribution >= 0.6 is 0 Å². The van der Waals surface area contributed by atoms with Crippen LogP contribution in [0.5, 0.6) is 0 Å². The highest BCUT2D eigenvalue weighted by Crippen LogP contribution is 2.18. The first-order chi connectivity index (χ1) is 22.9. The fraction of sp³-hybridized carbons (Fsp3) is 0.825. The average Bonchev–Trinajstić information content (AvgIpc) is 3.05. The molecular weight excluding hydrogens is 588 g/mol. The van der Waals surface area contributed by atoms with Crippen molar-refractivity contribution in [1.29, 1.82) is 0 Å². The van der Waals surface area contributed by atoms with Crippen LogP contribution < -0.4 is 11.1 Å². The highest BCUT2D eigenvalue weighted by molar-refractivity contribution is 5.83. The maximum atomic E-state index is 12.7. The summed E-state index contributed by atoms with van der Waals surface area (Å²) in [5, 5.41) is 11.9. The van der Waals surface area contributed by atoms with Gasteiger partial charge in [0.1, 0.15) is 12.1 Å². The van der Waals surface area contributed by atoms with Gasteiger partial charge in [0.25, 0.3) is 0 Å². The number of esters is 1. The van der Waals surface area contributed by atoms with E-state index in [0.29, 0.717) is 32.2 Å². The van der Waals surface area contributed by atoms with E-state index in [4.69, 9.17) is 10.5 Å². The van der Waals surface area contributed by atoms with Crippen molar-refractivity contribution in [3.05, 3.63) is 24.3 Å². The van der Waals surface area contributed by atoms with Crippen molar-refractivity contribution in [3.63, 3.8) is 0 Å². The number of allylic oxidation sites excluding steroid dienone is 4. The Hall–Kier alpha value is -2.15. The molecule has 4 N–H and O–H groups in total. The zero-order valence-electron chi connectivity index (χ0n) is 30.6. The van der Waals surface area contributed by atoms with Crippen LogP contribution in [0.4, 0.5) is 0 Å². The fourth-order valence-corrected chi connectivity index (χ4v) is 5.78. The summed E-state index contributed by atoms with van der Waals surface area (Å²) in [4.78, 5) is 36.1. The van der Waals surface area contributed by atoms with Crippen LogP contribution in [0, 0.1) is 0 Å². The van der Waals surface area contributed by atoms with Gasteiger partial charge in [-0.2, -0.15) is 0 Å². The number of hydrogen-bond acceptors (Lipinski definition) is 5. The van der Waals surface area contributed by atoms with Gasteiger partial charge in [-0.3, -0.25) is 9.59 Å². The molecule has 0 heterocycles. The third-order valence-electron chi connectivity index (χ3n) is 8.77. The summed E-state index contributed by atoms with van der Waals surface area (Å²) in [5.41, 5.74) is 5.47. The zero-order valence-corrected chi connectivity index (χ0v) is 30.6. The van der Waals surface area contributed by atoms with E-state index in [-0.39, 0.29) is 18.0 Å². The number of amides is 1. The number of unbranched alkanes of at least 4 members (excludes halogenated alkanes) is 17. The highest BCUT2D eigenvalue weighted by atomic mass is 16.5. The van der Waals surface area contributed by atoms with Gasteiger partial charge in [0.2, 0.25) is 5.91 Å². The van der Waals surface area contributed by atoms with Crippen molar-refractivity contribution in [2.75, 3.05) is 6.54 Å². The largest absolute Gasteiger partial charge is 0.480 e. The molecule has 0 aromatic heterocycles. The second kappa shape index (κ2) is 35.2. The maximum Gasteiger partial charge on any atom is 0.326 e. The lowest BCUT2D eigenvalue weighted by Gasteiger charge is -2.18. The molecular formula is C40H74N2O5. The molecule has 0 aliphatic heterocycles. The third kappa shape index (κ3) is 32.2. The molecule has 0 aromatic rings. The van der Waals surface area contributed by atoms with E-state index in [1.807, 2.05) is 0 Å². The minimum atomic E-state index is -1.01. The predicted molar refractivity (Wildman–Crippen MR) is 197 cm³/mol. The van der Waals surface area contributed by atoms with E-state index in [1.165, 1.54) is 77.0 Å². The molecule has 0 rings (SSSR count). The Balaban J connectivity index is 4.39. The normalized spacial score (nSPS) is 12.9. The van der Waals surface area contributed by atoms with Crippen LogP contribution in [0.2, 0.25) is 0 Å². The Labute approximate surface area is 289 Å². The first-order valence-corrected chi connectivity index (χ1v) is 19.7. The number of nitrogens with one attached hydrogen (secondary N) is 1.